The molecule has 13 heteroatoms. The molecule has 5 N–H and O–H groups in total. The van der Waals surface area contributed by atoms with Gasteiger partial charge in [0.1, 0.15) is 18.9 Å². The lowest BCUT2D eigenvalue weighted by Crippen LogP contribution is -2.54. The first-order valence-corrected chi connectivity index (χ1v) is 10.8. The number of aromatic nitrogens is 3. The Morgan fingerprint density at radius 2 is 1.94 bits per heavy atom. The van der Waals surface area contributed by atoms with Crippen LogP contribution in [0, 0.1) is 0 Å². The minimum Gasteiger partial charge on any atom is -0.384 e. The molecule has 34 heavy (non-hydrogen) atoms. The van der Waals surface area contributed by atoms with Crippen LogP contribution in [-0.2, 0) is 20.9 Å². The molecule has 13 nitrogen and oxygen atoms in total. The number of anilines is 2. The summed E-state index contributed by atoms with van der Waals surface area (Å²) in [5.41, 5.74) is 6.35. The Morgan fingerprint density at radius 1 is 1.15 bits per heavy atom. The molecule has 5 amide bonds. The quantitative estimate of drug-likeness (QED) is 0.272. The van der Waals surface area contributed by atoms with Crippen molar-refractivity contribution >= 4 is 41.2 Å². The average Bonchev–Trinajstić information content (AvgIpc) is 3.31. The van der Waals surface area contributed by atoms with E-state index in [0.717, 1.165) is 4.90 Å². The van der Waals surface area contributed by atoms with Gasteiger partial charge < -0.3 is 16.4 Å². The zero-order chi connectivity index (χ0) is 24.2. The van der Waals surface area contributed by atoms with Crippen molar-refractivity contribution in [1.29, 1.82) is 0 Å². The molecule has 1 atom stereocenters. The summed E-state index contributed by atoms with van der Waals surface area (Å²) < 4.78 is 1.35. The summed E-state index contributed by atoms with van der Waals surface area (Å²) in [5.74, 6) is -2.27. The van der Waals surface area contributed by atoms with Crippen LogP contribution in [0.25, 0.3) is 0 Å². The number of benzene rings is 1. The fraction of sp³-hybridized carbons (Fsp3) is 0.381. The predicted octanol–water partition coefficient (Wildman–Crippen LogP) is -0.730. The van der Waals surface area contributed by atoms with E-state index < -0.39 is 29.7 Å². The number of nitrogens with two attached hydrogens (primary N) is 1. The molecule has 3 heterocycles. The Hall–Kier alpha value is -4.29. The van der Waals surface area contributed by atoms with Gasteiger partial charge in [-0.05, 0) is 31.4 Å². The Bertz CT molecular complexity index is 1160. The van der Waals surface area contributed by atoms with E-state index in [2.05, 4.69) is 26.0 Å². The molecule has 0 bridgehead atoms. The molecule has 1 fully saturated rings. The summed E-state index contributed by atoms with van der Waals surface area (Å²) in [6, 6.07) is 3.90. The van der Waals surface area contributed by atoms with Gasteiger partial charge in [-0.2, -0.15) is 0 Å². The van der Waals surface area contributed by atoms with Crippen LogP contribution >= 0.6 is 0 Å². The number of carbonyl (C=O) groups excluding carboxylic acids is 5. The van der Waals surface area contributed by atoms with Crippen molar-refractivity contribution in [2.24, 2.45) is 0 Å². The second-order valence-electron chi connectivity index (χ2n) is 7.96. The summed E-state index contributed by atoms with van der Waals surface area (Å²) in [7, 11) is 0. The van der Waals surface area contributed by atoms with Gasteiger partial charge in [0.2, 0.25) is 23.7 Å². The molecule has 1 aromatic heterocycles. The van der Waals surface area contributed by atoms with Gasteiger partial charge >= 0.3 is 0 Å². The highest BCUT2D eigenvalue weighted by Gasteiger charge is 2.45. The maximum Gasteiger partial charge on any atom is 0.264 e. The van der Waals surface area contributed by atoms with E-state index in [4.69, 9.17) is 5.73 Å². The molecule has 178 valence electrons. The maximum atomic E-state index is 13.0. The highest BCUT2D eigenvalue weighted by atomic mass is 16.2. The molecule has 1 aromatic carbocycles. The Morgan fingerprint density at radius 3 is 2.68 bits per heavy atom. The zero-order valence-electron chi connectivity index (χ0n) is 18.2. The van der Waals surface area contributed by atoms with Crippen LogP contribution in [0.3, 0.4) is 0 Å². The second-order valence-corrected chi connectivity index (χ2v) is 7.96. The number of piperidine rings is 1. The van der Waals surface area contributed by atoms with Gasteiger partial charge in [-0.15, -0.1) is 5.10 Å². The molecule has 0 spiro atoms. The number of imide groups is 2. The van der Waals surface area contributed by atoms with E-state index in [-0.39, 0.29) is 42.4 Å². The molecule has 2 aromatic rings. The number of rotatable bonds is 9. The number of hydrogen-bond donors (Lipinski definition) is 4. The molecule has 4 rings (SSSR count). The molecule has 0 aliphatic carbocycles. The first-order chi connectivity index (χ1) is 16.3. The normalized spacial score (nSPS) is 17.5. The topological polar surface area (TPSA) is 181 Å². The third-order valence-corrected chi connectivity index (χ3v) is 5.57. The number of nitrogens with one attached hydrogen (secondary N) is 3. The smallest absolute Gasteiger partial charge is 0.264 e. The average molecular weight is 468 g/mol. The molecular formula is C21H24N8O5. The molecule has 1 saturated heterocycles. The van der Waals surface area contributed by atoms with Crippen LogP contribution in [0.5, 0.6) is 0 Å². The summed E-state index contributed by atoms with van der Waals surface area (Å²) >= 11 is 0. The first-order valence-electron chi connectivity index (χ1n) is 10.8. The van der Waals surface area contributed by atoms with Gasteiger partial charge in [-0.3, -0.25) is 34.2 Å². The number of nitrogens with zero attached hydrogens (tertiary/aromatic N) is 4. The summed E-state index contributed by atoms with van der Waals surface area (Å²) in [6.07, 6.45) is 2.93. The minimum absolute atomic E-state index is 0.0262. The maximum absolute atomic E-state index is 13.0. The predicted molar refractivity (Wildman–Crippen MR) is 118 cm³/mol. The molecular weight excluding hydrogens is 444 g/mol. The van der Waals surface area contributed by atoms with Gasteiger partial charge in [0, 0.05) is 25.2 Å². The molecule has 1 unspecified atom stereocenters. The Labute approximate surface area is 194 Å². The SMILES string of the molecule is Nc1ncn(CC(=O)NCCCCNc2cccc3c2C(=O)N(C2CCC(=O)NC2=O)C3=O)n1. The fourth-order valence-electron chi connectivity index (χ4n) is 3.95. The number of carbonyl (C=O) groups is 5. The highest BCUT2D eigenvalue weighted by Crippen LogP contribution is 2.32. The monoisotopic (exact) mass is 468 g/mol. The molecule has 0 saturated carbocycles. The summed E-state index contributed by atoms with van der Waals surface area (Å²) in [4.78, 5) is 66.1. The first kappa shape index (κ1) is 22.9. The molecule has 0 radical (unpaired) electrons. The van der Waals surface area contributed by atoms with Crippen LogP contribution in [0.1, 0.15) is 46.4 Å². The summed E-state index contributed by atoms with van der Waals surface area (Å²) in [5, 5.41) is 12.0. The molecule has 2 aliphatic heterocycles. The van der Waals surface area contributed by atoms with Crippen molar-refractivity contribution in [2.75, 3.05) is 24.1 Å². The Balaban J connectivity index is 1.28. The third kappa shape index (κ3) is 4.72. The van der Waals surface area contributed by atoms with Crippen molar-refractivity contribution < 1.29 is 24.0 Å². The fourth-order valence-corrected chi connectivity index (χ4v) is 3.95. The summed E-state index contributed by atoms with van der Waals surface area (Å²) in [6.45, 7) is 0.989. The van der Waals surface area contributed by atoms with Gasteiger partial charge in [0.25, 0.3) is 11.8 Å². The van der Waals surface area contributed by atoms with Gasteiger partial charge in [0.15, 0.2) is 0 Å². The van der Waals surface area contributed by atoms with Crippen LogP contribution in [0.4, 0.5) is 11.6 Å². The van der Waals surface area contributed by atoms with E-state index in [1.807, 2.05) is 0 Å². The minimum atomic E-state index is -1.00. The van der Waals surface area contributed by atoms with Crippen molar-refractivity contribution in [2.45, 2.75) is 38.3 Å². The third-order valence-electron chi connectivity index (χ3n) is 5.57. The van der Waals surface area contributed by atoms with Crippen molar-refractivity contribution in [3.05, 3.63) is 35.7 Å². The highest BCUT2D eigenvalue weighted by molar-refractivity contribution is 6.25. The van der Waals surface area contributed by atoms with E-state index in [9.17, 15) is 24.0 Å². The second kappa shape index (κ2) is 9.68. The number of unbranched alkanes of at least 4 members (excludes halogenated alkanes) is 1. The lowest BCUT2D eigenvalue weighted by molar-refractivity contribution is -0.136. The lowest BCUT2D eigenvalue weighted by atomic mass is 10.0. The van der Waals surface area contributed by atoms with Crippen LogP contribution in [0.15, 0.2) is 24.5 Å². The van der Waals surface area contributed by atoms with Gasteiger partial charge in [-0.1, -0.05) is 6.07 Å². The van der Waals surface area contributed by atoms with E-state index in [0.29, 0.717) is 31.6 Å². The number of hydrogen-bond acceptors (Lipinski definition) is 9. The van der Waals surface area contributed by atoms with Crippen molar-refractivity contribution in [3.63, 3.8) is 0 Å². The van der Waals surface area contributed by atoms with Crippen LogP contribution < -0.4 is 21.7 Å². The van der Waals surface area contributed by atoms with E-state index in [1.54, 1.807) is 18.2 Å². The van der Waals surface area contributed by atoms with Crippen molar-refractivity contribution in [1.82, 2.24) is 30.3 Å². The zero-order valence-corrected chi connectivity index (χ0v) is 18.2. The standard InChI is InChI=1S/C21H24N8O5/c22-21-25-11-28(27-21)10-16(31)24-9-2-1-8-23-13-5-3-4-12-17(13)20(34)29(19(12)33)14-6-7-15(30)26-18(14)32/h3-5,11,14,23H,1-2,6-10H2,(H2,22,27)(H,24,31)(H,26,30,32). The molecule has 2 aliphatic rings. The number of amides is 5. The van der Waals surface area contributed by atoms with E-state index >= 15 is 0 Å². The lowest BCUT2D eigenvalue weighted by Gasteiger charge is -2.27. The number of fused-ring (bicyclic) bond motifs is 1. The largest absolute Gasteiger partial charge is 0.384 e. The van der Waals surface area contributed by atoms with Crippen molar-refractivity contribution in [3.8, 4) is 0 Å². The van der Waals surface area contributed by atoms with Crippen LogP contribution in [0.2, 0.25) is 0 Å². The Kier molecular flexibility index (Phi) is 6.52. The van der Waals surface area contributed by atoms with E-state index in [1.165, 1.54) is 11.0 Å². The van der Waals surface area contributed by atoms with Crippen LogP contribution in [-0.4, -0.2) is 68.3 Å². The van der Waals surface area contributed by atoms with Gasteiger partial charge in [0.05, 0.1) is 11.1 Å². The van der Waals surface area contributed by atoms with Gasteiger partial charge in [-0.25, -0.2) is 9.67 Å². The number of nitrogen functional groups attached to an aromatic ring is 1.